The molecule has 0 radical (unpaired) electrons. The first-order valence-corrected chi connectivity index (χ1v) is 13.1. The van der Waals surface area contributed by atoms with Crippen LogP contribution < -0.4 is 0 Å². The van der Waals surface area contributed by atoms with Gasteiger partial charge >= 0.3 is 6.18 Å². The van der Waals surface area contributed by atoms with E-state index in [1.165, 1.54) is 23.0 Å². The second kappa shape index (κ2) is 10.5. The van der Waals surface area contributed by atoms with Gasteiger partial charge < -0.3 is 4.74 Å². The number of carbonyl (C=O) groups is 1. The zero-order valence-electron chi connectivity index (χ0n) is 21.9. The molecule has 0 aliphatic carbocycles. The molecule has 2 aliphatic heterocycles. The Labute approximate surface area is 225 Å². The third-order valence-electron chi connectivity index (χ3n) is 8.10. The summed E-state index contributed by atoms with van der Waals surface area (Å²) in [5.74, 6) is -0.170. The van der Waals surface area contributed by atoms with Gasteiger partial charge in [0.05, 0.1) is 46.6 Å². The third-order valence-corrected chi connectivity index (χ3v) is 8.10. The lowest BCUT2D eigenvalue weighted by molar-refractivity contribution is -0.137. The van der Waals surface area contributed by atoms with E-state index in [4.69, 9.17) is 4.74 Å². The summed E-state index contributed by atoms with van der Waals surface area (Å²) in [6.45, 7) is 6.22. The zero-order valence-corrected chi connectivity index (χ0v) is 21.9. The van der Waals surface area contributed by atoms with Gasteiger partial charge in [-0.2, -0.15) is 23.5 Å². The number of rotatable bonds is 6. The largest absolute Gasteiger partial charge is 0.416 e. The van der Waals surface area contributed by atoms with Gasteiger partial charge in [-0.05, 0) is 69.0 Å². The fraction of sp³-hybridized carbons (Fsp3) is 0.448. The van der Waals surface area contributed by atoms with Crippen molar-refractivity contribution in [3.63, 3.8) is 0 Å². The van der Waals surface area contributed by atoms with E-state index in [1.807, 2.05) is 12.1 Å². The van der Waals surface area contributed by atoms with Crippen LogP contribution in [0.2, 0.25) is 0 Å². The molecule has 4 heterocycles. The molecule has 5 rings (SSSR count). The smallest absolute Gasteiger partial charge is 0.377 e. The van der Waals surface area contributed by atoms with Crippen molar-refractivity contribution in [2.45, 2.75) is 63.3 Å². The molecular weight excluding hydrogens is 507 g/mol. The molecule has 2 atom stereocenters. The lowest BCUT2D eigenvalue weighted by Gasteiger charge is -2.40. The number of pyridine rings is 1. The highest BCUT2D eigenvalue weighted by Crippen LogP contribution is 2.36. The zero-order chi connectivity index (χ0) is 27.8. The van der Waals surface area contributed by atoms with E-state index in [0.29, 0.717) is 41.4 Å². The summed E-state index contributed by atoms with van der Waals surface area (Å²) in [6, 6.07) is 11.3. The molecular formula is C29H30F3N5O2. The Hall–Kier alpha value is -3.55. The van der Waals surface area contributed by atoms with Crippen LogP contribution >= 0.6 is 0 Å². The van der Waals surface area contributed by atoms with Crippen LogP contribution in [0.25, 0.3) is 5.69 Å². The SMILES string of the molecule is Cc1c(C(=O)Cc2ccc(C3(C#N)CCN(C4CCOC4C)CC3)nc2)cnn1-c1ccc(C(F)(F)F)cc1. The number of benzene rings is 1. The highest BCUT2D eigenvalue weighted by Gasteiger charge is 2.41. The maximum Gasteiger partial charge on any atom is 0.416 e. The normalized spacial score (nSPS) is 21.5. The standard InChI is InChI=1S/C29H30F3N5O2/c1-19-24(17-35-37(19)23-6-4-22(5-7-23)29(30,31)32)26(38)15-21-3-8-27(34-16-21)28(18-33)10-12-36(13-11-28)25-9-14-39-20(25)2/h3-8,16-17,20,25H,9-15H2,1-2H3. The number of nitriles is 1. The second-order valence-corrected chi connectivity index (χ2v) is 10.4. The molecule has 7 nitrogen and oxygen atoms in total. The summed E-state index contributed by atoms with van der Waals surface area (Å²) in [5.41, 5.74) is 1.42. The summed E-state index contributed by atoms with van der Waals surface area (Å²) in [4.78, 5) is 20.1. The van der Waals surface area contributed by atoms with Crippen molar-refractivity contribution >= 4 is 5.78 Å². The highest BCUT2D eigenvalue weighted by atomic mass is 19.4. The molecule has 2 aliphatic rings. The molecule has 2 fully saturated rings. The predicted octanol–water partition coefficient (Wildman–Crippen LogP) is 5.05. The van der Waals surface area contributed by atoms with Crippen LogP contribution in [0.5, 0.6) is 0 Å². The molecule has 10 heteroatoms. The lowest BCUT2D eigenvalue weighted by atomic mass is 9.76. The highest BCUT2D eigenvalue weighted by molar-refractivity contribution is 5.98. The Kier molecular flexibility index (Phi) is 7.31. The van der Waals surface area contributed by atoms with E-state index in [0.717, 1.165) is 43.9 Å². The van der Waals surface area contributed by atoms with Crippen LogP contribution in [0.3, 0.4) is 0 Å². The van der Waals surface area contributed by atoms with Crippen LogP contribution in [0.1, 0.15) is 59.1 Å². The first-order valence-electron chi connectivity index (χ1n) is 13.1. The predicted molar refractivity (Wildman–Crippen MR) is 137 cm³/mol. The number of Topliss-reactive ketones (excluding diaryl/α,β-unsaturated/α-hetero) is 1. The summed E-state index contributed by atoms with van der Waals surface area (Å²) in [5, 5.41) is 14.3. The van der Waals surface area contributed by atoms with Crippen molar-refractivity contribution in [3.05, 3.63) is 76.9 Å². The molecule has 0 N–H and O–H groups in total. The van der Waals surface area contributed by atoms with Crippen molar-refractivity contribution in [3.8, 4) is 11.8 Å². The summed E-state index contributed by atoms with van der Waals surface area (Å²) in [6.07, 6.45) is 1.38. The van der Waals surface area contributed by atoms with Gasteiger partial charge in [-0.15, -0.1) is 0 Å². The minimum absolute atomic E-state index is 0.0969. The fourth-order valence-corrected chi connectivity index (χ4v) is 5.69. The Bertz CT molecular complexity index is 1370. The summed E-state index contributed by atoms with van der Waals surface area (Å²) >= 11 is 0. The minimum Gasteiger partial charge on any atom is -0.377 e. The summed E-state index contributed by atoms with van der Waals surface area (Å²) < 4.78 is 45.8. The average molecular weight is 538 g/mol. The fourth-order valence-electron chi connectivity index (χ4n) is 5.69. The lowest BCUT2D eigenvalue weighted by Crippen LogP contribution is -2.48. The van der Waals surface area contributed by atoms with Gasteiger partial charge in [-0.25, -0.2) is 4.68 Å². The number of aromatic nitrogens is 3. The Balaban J connectivity index is 1.25. The molecule has 2 unspecified atom stereocenters. The van der Waals surface area contributed by atoms with E-state index in [9.17, 15) is 23.2 Å². The van der Waals surface area contributed by atoms with Crippen LogP contribution in [0.15, 0.2) is 48.8 Å². The van der Waals surface area contributed by atoms with Crippen LogP contribution in [0.4, 0.5) is 13.2 Å². The first kappa shape index (κ1) is 27.0. The molecule has 2 saturated heterocycles. The van der Waals surface area contributed by atoms with Gasteiger partial charge in [-0.3, -0.25) is 14.7 Å². The monoisotopic (exact) mass is 537 g/mol. The Morgan fingerprint density at radius 3 is 2.44 bits per heavy atom. The van der Waals surface area contributed by atoms with Gasteiger partial charge in [0.1, 0.15) is 5.41 Å². The van der Waals surface area contributed by atoms with Crippen molar-refractivity contribution in [1.82, 2.24) is 19.7 Å². The van der Waals surface area contributed by atoms with Crippen LogP contribution in [0, 0.1) is 18.3 Å². The maximum absolute atomic E-state index is 13.1. The van der Waals surface area contributed by atoms with Crippen molar-refractivity contribution in [2.75, 3.05) is 19.7 Å². The first-order chi connectivity index (χ1) is 18.6. The van der Waals surface area contributed by atoms with Crippen molar-refractivity contribution in [1.29, 1.82) is 5.26 Å². The Morgan fingerprint density at radius 1 is 1.15 bits per heavy atom. The van der Waals surface area contributed by atoms with Crippen molar-refractivity contribution < 1.29 is 22.7 Å². The topological polar surface area (TPSA) is 84.0 Å². The number of nitrogens with zero attached hydrogens (tertiary/aromatic N) is 5. The molecule has 2 aromatic heterocycles. The van der Waals surface area contributed by atoms with Gasteiger partial charge in [0.2, 0.25) is 0 Å². The molecule has 3 aromatic rings. The molecule has 0 spiro atoms. The molecule has 0 amide bonds. The number of halogens is 3. The Morgan fingerprint density at radius 2 is 1.87 bits per heavy atom. The number of piperidine rings is 1. The number of hydrogen-bond donors (Lipinski definition) is 0. The number of ether oxygens (including phenoxy) is 1. The molecule has 204 valence electrons. The minimum atomic E-state index is -4.42. The van der Waals surface area contributed by atoms with Crippen LogP contribution in [-0.4, -0.2) is 57.3 Å². The molecule has 39 heavy (non-hydrogen) atoms. The molecule has 1 aromatic carbocycles. The van der Waals surface area contributed by atoms with Gasteiger partial charge in [0, 0.05) is 38.4 Å². The van der Waals surface area contributed by atoms with E-state index in [2.05, 4.69) is 28.0 Å². The average Bonchev–Trinajstić information content (AvgIpc) is 3.54. The van der Waals surface area contributed by atoms with E-state index in [-0.39, 0.29) is 18.3 Å². The number of carbonyl (C=O) groups excluding carboxylic acids is 1. The van der Waals surface area contributed by atoms with E-state index >= 15 is 0 Å². The van der Waals surface area contributed by atoms with E-state index in [1.54, 1.807) is 13.1 Å². The molecule has 0 saturated carbocycles. The number of ketones is 1. The third kappa shape index (κ3) is 5.34. The maximum atomic E-state index is 13.1. The number of likely N-dealkylation sites (tertiary alicyclic amines) is 1. The van der Waals surface area contributed by atoms with Gasteiger partial charge in [0.15, 0.2) is 5.78 Å². The van der Waals surface area contributed by atoms with Crippen molar-refractivity contribution in [2.24, 2.45) is 0 Å². The molecule has 0 bridgehead atoms. The van der Waals surface area contributed by atoms with Crippen LogP contribution in [-0.2, 0) is 22.7 Å². The van der Waals surface area contributed by atoms with Gasteiger partial charge in [-0.1, -0.05) is 6.07 Å². The van der Waals surface area contributed by atoms with Gasteiger partial charge in [0.25, 0.3) is 0 Å². The number of hydrogen-bond acceptors (Lipinski definition) is 6. The second-order valence-electron chi connectivity index (χ2n) is 10.4. The summed E-state index contributed by atoms with van der Waals surface area (Å²) in [7, 11) is 0. The number of alkyl halides is 3. The quantitative estimate of drug-likeness (QED) is 0.409. The van der Waals surface area contributed by atoms with E-state index < -0.39 is 17.2 Å².